The molecule has 2 saturated carbocycles. The standard InChI is InChI=1S/C15H19F2NO2/c16-13-4-3-11(7-14(13)17)20-12-5-6-15(8-12,9-19)18-10-1-2-10/h3-4,7,10,12,18-19H,1-2,5-6,8-9H2. The minimum Gasteiger partial charge on any atom is -0.490 e. The number of hydrogen-bond donors (Lipinski definition) is 2. The van der Waals surface area contributed by atoms with Crippen LogP contribution >= 0.6 is 0 Å². The topological polar surface area (TPSA) is 41.5 Å². The summed E-state index contributed by atoms with van der Waals surface area (Å²) in [5, 5.41) is 13.1. The third kappa shape index (κ3) is 2.94. The second-order valence-electron chi connectivity index (χ2n) is 5.92. The molecule has 1 aromatic rings. The van der Waals surface area contributed by atoms with Gasteiger partial charge in [-0.25, -0.2) is 8.78 Å². The molecule has 3 nitrogen and oxygen atoms in total. The van der Waals surface area contributed by atoms with Gasteiger partial charge in [-0.2, -0.15) is 0 Å². The van der Waals surface area contributed by atoms with Crippen LogP contribution in [0.5, 0.6) is 5.75 Å². The Bertz CT molecular complexity index is 493. The van der Waals surface area contributed by atoms with Crippen molar-refractivity contribution in [2.75, 3.05) is 6.61 Å². The third-order valence-corrected chi connectivity index (χ3v) is 4.15. The molecule has 110 valence electrons. The van der Waals surface area contributed by atoms with Crippen molar-refractivity contribution in [2.24, 2.45) is 0 Å². The highest BCUT2D eigenvalue weighted by atomic mass is 19.2. The van der Waals surface area contributed by atoms with Crippen molar-refractivity contribution < 1.29 is 18.6 Å². The van der Waals surface area contributed by atoms with Crippen LogP contribution in [0.3, 0.4) is 0 Å². The predicted octanol–water partition coefficient (Wildman–Crippen LogP) is 2.38. The van der Waals surface area contributed by atoms with Crippen LogP contribution in [-0.4, -0.2) is 29.4 Å². The third-order valence-electron chi connectivity index (χ3n) is 4.15. The van der Waals surface area contributed by atoms with E-state index in [4.69, 9.17) is 4.74 Å². The molecule has 0 spiro atoms. The number of hydrogen-bond acceptors (Lipinski definition) is 3. The van der Waals surface area contributed by atoms with Crippen LogP contribution in [-0.2, 0) is 0 Å². The predicted molar refractivity (Wildman–Crippen MR) is 70.6 cm³/mol. The summed E-state index contributed by atoms with van der Waals surface area (Å²) in [5.74, 6) is -1.43. The molecule has 2 N–H and O–H groups in total. The zero-order valence-corrected chi connectivity index (χ0v) is 11.2. The quantitative estimate of drug-likeness (QED) is 0.872. The Hall–Kier alpha value is -1.20. The maximum atomic E-state index is 13.1. The Balaban J connectivity index is 1.62. The van der Waals surface area contributed by atoms with E-state index in [9.17, 15) is 13.9 Å². The first-order chi connectivity index (χ1) is 9.60. The minimum absolute atomic E-state index is 0.0711. The van der Waals surface area contributed by atoms with Gasteiger partial charge in [0.2, 0.25) is 0 Å². The van der Waals surface area contributed by atoms with E-state index >= 15 is 0 Å². The van der Waals surface area contributed by atoms with Gasteiger partial charge in [0.15, 0.2) is 11.6 Å². The van der Waals surface area contributed by atoms with E-state index in [2.05, 4.69) is 5.32 Å². The van der Waals surface area contributed by atoms with Crippen molar-refractivity contribution in [3.8, 4) is 5.75 Å². The van der Waals surface area contributed by atoms with Gasteiger partial charge in [0, 0.05) is 24.1 Å². The van der Waals surface area contributed by atoms with Crippen LogP contribution < -0.4 is 10.1 Å². The molecule has 3 rings (SSSR count). The SMILES string of the molecule is OCC1(NC2CC2)CCC(Oc2ccc(F)c(F)c2)C1. The lowest BCUT2D eigenvalue weighted by Crippen LogP contribution is -2.48. The van der Waals surface area contributed by atoms with Gasteiger partial charge < -0.3 is 15.2 Å². The first-order valence-corrected chi connectivity index (χ1v) is 7.10. The van der Waals surface area contributed by atoms with Crippen molar-refractivity contribution in [3.63, 3.8) is 0 Å². The number of rotatable bonds is 5. The molecule has 2 aliphatic rings. The fourth-order valence-electron chi connectivity index (χ4n) is 2.90. The summed E-state index contributed by atoms with van der Waals surface area (Å²) in [7, 11) is 0. The normalized spacial score (nSPS) is 29.6. The number of aliphatic hydroxyl groups is 1. The highest BCUT2D eigenvalue weighted by Gasteiger charge is 2.42. The summed E-state index contributed by atoms with van der Waals surface area (Å²) < 4.78 is 31.7. The molecule has 0 bridgehead atoms. The van der Waals surface area contributed by atoms with Gasteiger partial charge in [0.25, 0.3) is 0 Å². The Labute approximate surface area is 116 Å². The van der Waals surface area contributed by atoms with Crippen LogP contribution in [0.4, 0.5) is 8.78 Å². The Morgan fingerprint density at radius 2 is 2.05 bits per heavy atom. The van der Waals surface area contributed by atoms with Gasteiger partial charge in [-0.05, 0) is 37.8 Å². The van der Waals surface area contributed by atoms with E-state index in [-0.39, 0.29) is 18.2 Å². The maximum absolute atomic E-state index is 13.1. The first-order valence-electron chi connectivity index (χ1n) is 7.10. The molecule has 0 saturated heterocycles. The summed E-state index contributed by atoms with van der Waals surface area (Å²) in [6.45, 7) is 0.0845. The molecule has 0 aliphatic heterocycles. The van der Waals surface area contributed by atoms with Crippen LogP contribution in [0, 0.1) is 11.6 Å². The highest BCUT2D eigenvalue weighted by molar-refractivity contribution is 5.24. The highest BCUT2D eigenvalue weighted by Crippen LogP contribution is 2.35. The summed E-state index contributed by atoms with van der Waals surface area (Å²) in [6, 6.07) is 4.10. The smallest absolute Gasteiger partial charge is 0.162 e. The number of aliphatic hydroxyl groups excluding tert-OH is 1. The summed E-state index contributed by atoms with van der Waals surface area (Å²) in [5.41, 5.74) is -0.273. The van der Waals surface area contributed by atoms with Crippen molar-refractivity contribution in [1.82, 2.24) is 5.32 Å². The molecule has 0 radical (unpaired) electrons. The molecular weight excluding hydrogens is 264 g/mol. The van der Waals surface area contributed by atoms with E-state index in [1.807, 2.05) is 0 Å². The van der Waals surface area contributed by atoms with Gasteiger partial charge in [-0.3, -0.25) is 0 Å². The second-order valence-corrected chi connectivity index (χ2v) is 5.92. The van der Waals surface area contributed by atoms with Gasteiger partial charge >= 0.3 is 0 Å². The van der Waals surface area contributed by atoms with E-state index < -0.39 is 11.6 Å². The fourth-order valence-corrected chi connectivity index (χ4v) is 2.90. The van der Waals surface area contributed by atoms with Crippen molar-refractivity contribution in [2.45, 2.75) is 49.8 Å². The van der Waals surface area contributed by atoms with E-state index in [1.165, 1.54) is 6.07 Å². The minimum atomic E-state index is -0.898. The second kappa shape index (κ2) is 5.30. The molecule has 2 fully saturated rings. The molecule has 2 unspecified atom stereocenters. The molecule has 0 aromatic heterocycles. The van der Waals surface area contributed by atoms with Crippen LogP contribution in [0.1, 0.15) is 32.1 Å². The first kappa shape index (κ1) is 13.8. The van der Waals surface area contributed by atoms with E-state index in [0.717, 1.165) is 37.8 Å². The van der Waals surface area contributed by atoms with Crippen LogP contribution in [0.2, 0.25) is 0 Å². The Morgan fingerprint density at radius 1 is 1.25 bits per heavy atom. The Kier molecular flexibility index (Phi) is 3.65. The molecule has 0 heterocycles. The molecule has 2 aliphatic carbocycles. The van der Waals surface area contributed by atoms with Crippen molar-refractivity contribution in [3.05, 3.63) is 29.8 Å². The number of nitrogens with one attached hydrogen (secondary N) is 1. The average Bonchev–Trinajstić information content (AvgIpc) is 3.15. The molecular formula is C15H19F2NO2. The lowest BCUT2D eigenvalue weighted by Gasteiger charge is -2.28. The zero-order valence-electron chi connectivity index (χ0n) is 11.2. The molecule has 0 amide bonds. The van der Waals surface area contributed by atoms with Crippen molar-refractivity contribution >= 4 is 0 Å². The molecule has 20 heavy (non-hydrogen) atoms. The van der Waals surface area contributed by atoms with E-state index in [1.54, 1.807) is 0 Å². The van der Waals surface area contributed by atoms with Crippen LogP contribution in [0.25, 0.3) is 0 Å². The van der Waals surface area contributed by atoms with Gasteiger partial charge in [-0.15, -0.1) is 0 Å². The average molecular weight is 283 g/mol. The lowest BCUT2D eigenvalue weighted by atomic mass is 9.98. The summed E-state index contributed by atoms with van der Waals surface area (Å²) in [4.78, 5) is 0. The summed E-state index contributed by atoms with van der Waals surface area (Å²) >= 11 is 0. The zero-order chi connectivity index (χ0) is 14.2. The number of ether oxygens (including phenoxy) is 1. The van der Waals surface area contributed by atoms with E-state index in [0.29, 0.717) is 18.2 Å². The van der Waals surface area contributed by atoms with Crippen LogP contribution in [0.15, 0.2) is 18.2 Å². The van der Waals surface area contributed by atoms with Gasteiger partial charge in [0.1, 0.15) is 11.9 Å². The molecule has 1 aromatic carbocycles. The molecule has 2 atom stereocenters. The van der Waals surface area contributed by atoms with Gasteiger partial charge in [0.05, 0.1) is 6.61 Å². The number of benzene rings is 1. The maximum Gasteiger partial charge on any atom is 0.162 e. The largest absolute Gasteiger partial charge is 0.490 e. The monoisotopic (exact) mass is 283 g/mol. The van der Waals surface area contributed by atoms with Gasteiger partial charge in [-0.1, -0.05) is 0 Å². The summed E-state index contributed by atoms with van der Waals surface area (Å²) in [6.07, 6.45) is 4.60. The lowest BCUT2D eigenvalue weighted by molar-refractivity contribution is 0.138. The molecule has 5 heteroatoms. The number of halogens is 2. The Morgan fingerprint density at radius 3 is 2.70 bits per heavy atom. The van der Waals surface area contributed by atoms with Crippen molar-refractivity contribution in [1.29, 1.82) is 0 Å². The fraction of sp³-hybridized carbons (Fsp3) is 0.600.